The van der Waals surface area contributed by atoms with Crippen molar-refractivity contribution in [3.05, 3.63) is 0 Å². The van der Waals surface area contributed by atoms with Gasteiger partial charge in [0, 0.05) is 23.8 Å². The van der Waals surface area contributed by atoms with Gasteiger partial charge in [-0.1, -0.05) is 12.8 Å². The van der Waals surface area contributed by atoms with E-state index in [-0.39, 0.29) is 0 Å². The van der Waals surface area contributed by atoms with Gasteiger partial charge in [0.25, 0.3) is 0 Å². The van der Waals surface area contributed by atoms with Gasteiger partial charge in [-0.05, 0) is 50.7 Å². The number of hydrogen-bond acceptors (Lipinski definition) is 2. The first-order valence-corrected chi connectivity index (χ1v) is 8.90. The van der Waals surface area contributed by atoms with E-state index in [9.17, 15) is 4.79 Å². The Bertz CT molecular complexity index is 300. The van der Waals surface area contributed by atoms with E-state index < -0.39 is 0 Å². The molecule has 1 amide bonds. The number of rotatable bonds is 3. The summed E-state index contributed by atoms with van der Waals surface area (Å²) in [5, 5.41) is 0.804. The summed E-state index contributed by atoms with van der Waals surface area (Å²) < 4.78 is 0. The minimum atomic E-state index is 0.481. The summed E-state index contributed by atoms with van der Waals surface area (Å²) >= 11 is 2.00. The maximum Gasteiger partial charge on any atom is 0.223 e. The van der Waals surface area contributed by atoms with Crippen LogP contribution in [-0.4, -0.2) is 34.4 Å². The Balaban J connectivity index is 1.60. The summed E-state index contributed by atoms with van der Waals surface area (Å²) in [5.41, 5.74) is 0. The van der Waals surface area contributed by atoms with E-state index in [2.05, 4.69) is 11.2 Å². The summed E-state index contributed by atoms with van der Waals surface area (Å²) in [6, 6.07) is 1.16. The molecule has 1 saturated carbocycles. The average molecular weight is 267 g/mol. The summed E-state index contributed by atoms with van der Waals surface area (Å²) in [5.74, 6) is 1.18. The van der Waals surface area contributed by atoms with Crippen molar-refractivity contribution in [1.82, 2.24) is 4.90 Å². The fourth-order valence-corrected chi connectivity index (χ4v) is 5.12. The molecule has 3 heteroatoms. The van der Waals surface area contributed by atoms with Crippen LogP contribution in [0.4, 0.5) is 0 Å². The second kappa shape index (κ2) is 5.44. The van der Waals surface area contributed by atoms with Gasteiger partial charge in [0.15, 0.2) is 0 Å². The number of nitrogens with zero attached hydrogens (tertiary/aromatic N) is 1. The largest absolute Gasteiger partial charge is 0.337 e. The lowest BCUT2D eigenvalue weighted by atomic mass is 9.98. The Kier molecular flexibility index (Phi) is 3.88. The van der Waals surface area contributed by atoms with Gasteiger partial charge in [-0.15, -0.1) is 0 Å². The van der Waals surface area contributed by atoms with Crippen molar-refractivity contribution in [2.45, 2.75) is 75.1 Å². The number of carbonyl (C=O) groups excluding carboxylic acids is 1. The lowest BCUT2D eigenvalue weighted by Crippen LogP contribution is -2.47. The fraction of sp³-hybridized carbons (Fsp3) is 0.933. The standard InChI is InChI=1S/C15H25NOS/c1-18-14-9-12-6-7-13(10-14)16(12)15(17)8-11-4-2-3-5-11/h11-14H,2-10H2,1H3. The molecule has 18 heavy (non-hydrogen) atoms. The molecule has 3 rings (SSSR count). The predicted molar refractivity (Wildman–Crippen MR) is 76.8 cm³/mol. The molecule has 2 bridgehead atoms. The smallest absolute Gasteiger partial charge is 0.223 e. The van der Waals surface area contributed by atoms with Gasteiger partial charge in [0.05, 0.1) is 0 Å². The first kappa shape index (κ1) is 12.8. The highest BCUT2D eigenvalue weighted by Gasteiger charge is 2.43. The minimum absolute atomic E-state index is 0.481. The Hall–Kier alpha value is -0.180. The highest BCUT2D eigenvalue weighted by atomic mass is 32.2. The highest BCUT2D eigenvalue weighted by molar-refractivity contribution is 7.99. The number of amides is 1. The van der Waals surface area contributed by atoms with Crippen LogP contribution >= 0.6 is 11.8 Å². The second-order valence-corrected chi connectivity index (χ2v) is 7.51. The molecular formula is C15H25NOS. The molecule has 2 heterocycles. The number of carbonyl (C=O) groups is 1. The third-order valence-electron chi connectivity index (χ3n) is 5.25. The van der Waals surface area contributed by atoms with Crippen LogP contribution in [0.25, 0.3) is 0 Å². The number of thioether (sulfide) groups is 1. The van der Waals surface area contributed by atoms with E-state index in [0.29, 0.717) is 23.9 Å². The van der Waals surface area contributed by atoms with Crippen LogP contribution in [0.15, 0.2) is 0 Å². The summed E-state index contributed by atoms with van der Waals surface area (Å²) in [6.45, 7) is 0. The van der Waals surface area contributed by atoms with Crippen LogP contribution in [-0.2, 0) is 4.79 Å². The third-order valence-corrected chi connectivity index (χ3v) is 6.30. The van der Waals surface area contributed by atoms with Crippen molar-refractivity contribution in [1.29, 1.82) is 0 Å². The van der Waals surface area contributed by atoms with Crippen LogP contribution < -0.4 is 0 Å². The second-order valence-electron chi connectivity index (χ2n) is 6.37. The van der Waals surface area contributed by atoms with Crippen molar-refractivity contribution in [3.8, 4) is 0 Å². The molecule has 2 unspecified atom stereocenters. The van der Waals surface area contributed by atoms with Crippen LogP contribution in [0.2, 0.25) is 0 Å². The van der Waals surface area contributed by atoms with Gasteiger partial charge < -0.3 is 4.90 Å². The molecule has 2 atom stereocenters. The summed E-state index contributed by atoms with van der Waals surface area (Å²) in [6.07, 6.45) is 13.4. The third kappa shape index (κ3) is 2.43. The zero-order chi connectivity index (χ0) is 12.5. The lowest BCUT2D eigenvalue weighted by molar-refractivity contribution is -0.136. The molecule has 2 aliphatic heterocycles. The van der Waals surface area contributed by atoms with Gasteiger partial charge in [-0.2, -0.15) is 11.8 Å². The molecule has 0 aromatic carbocycles. The molecule has 0 spiro atoms. The van der Waals surface area contributed by atoms with Gasteiger partial charge in [-0.25, -0.2) is 0 Å². The topological polar surface area (TPSA) is 20.3 Å². The van der Waals surface area contributed by atoms with Crippen molar-refractivity contribution in [2.24, 2.45) is 5.92 Å². The van der Waals surface area contributed by atoms with Gasteiger partial charge >= 0.3 is 0 Å². The van der Waals surface area contributed by atoms with Crippen LogP contribution in [0.3, 0.4) is 0 Å². The van der Waals surface area contributed by atoms with E-state index >= 15 is 0 Å². The number of fused-ring (bicyclic) bond motifs is 2. The fourth-order valence-electron chi connectivity index (χ4n) is 4.29. The molecule has 0 radical (unpaired) electrons. The number of piperidine rings is 1. The first-order chi connectivity index (χ1) is 8.78. The molecule has 3 aliphatic rings. The molecular weight excluding hydrogens is 242 g/mol. The van der Waals surface area contributed by atoms with E-state index in [1.54, 1.807) is 0 Å². The summed E-state index contributed by atoms with van der Waals surface area (Å²) in [7, 11) is 0. The van der Waals surface area contributed by atoms with Gasteiger partial charge in [0.1, 0.15) is 0 Å². The first-order valence-electron chi connectivity index (χ1n) is 7.62. The van der Waals surface area contributed by atoms with Crippen LogP contribution in [0, 0.1) is 5.92 Å². The van der Waals surface area contributed by atoms with Crippen molar-refractivity contribution in [2.75, 3.05) is 6.26 Å². The Labute approximate surface area is 115 Å². The molecule has 0 aromatic rings. The minimum Gasteiger partial charge on any atom is -0.337 e. The van der Waals surface area contributed by atoms with Crippen LogP contribution in [0.5, 0.6) is 0 Å². The highest BCUT2D eigenvalue weighted by Crippen LogP contribution is 2.40. The maximum atomic E-state index is 12.5. The van der Waals surface area contributed by atoms with Gasteiger partial charge in [-0.3, -0.25) is 4.79 Å². The normalized spacial score (nSPS) is 36.3. The molecule has 0 aromatic heterocycles. The monoisotopic (exact) mass is 267 g/mol. The maximum absolute atomic E-state index is 12.5. The van der Waals surface area contributed by atoms with Gasteiger partial charge in [0.2, 0.25) is 5.91 Å². The van der Waals surface area contributed by atoms with E-state index in [1.165, 1.54) is 51.4 Å². The quantitative estimate of drug-likeness (QED) is 0.780. The SMILES string of the molecule is CSC1CC2CCC(C1)N2C(=O)CC1CCCC1. The molecule has 1 aliphatic carbocycles. The molecule has 102 valence electrons. The molecule has 2 saturated heterocycles. The summed E-state index contributed by atoms with van der Waals surface area (Å²) in [4.78, 5) is 14.8. The Morgan fingerprint density at radius 3 is 2.28 bits per heavy atom. The zero-order valence-electron chi connectivity index (χ0n) is 11.4. The predicted octanol–water partition coefficient (Wildman–Crippen LogP) is 3.45. The van der Waals surface area contributed by atoms with Crippen molar-refractivity contribution in [3.63, 3.8) is 0 Å². The van der Waals surface area contributed by atoms with E-state index in [0.717, 1.165) is 11.7 Å². The Morgan fingerprint density at radius 1 is 1.11 bits per heavy atom. The molecule has 3 fully saturated rings. The molecule has 2 nitrogen and oxygen atoms in total. The van der Waals surface area contributed by atoms with E-state index in [4.69, 9.17) is 0 Å². The van der Waals surface area contributed by atoms with Crippen molar-refractivity contribution >= 4 is 17.7 Å². The Morgan fingerprint density at radius 2 is 1.72 bits per heavy atom. The lowest BCUT2D eigenvalue weighted by Gasteiger charge is -2.39. The van der Waals surface area contributed by atoms with Crippen LogP contribution in [0.1, 0.15) is 57.8 Å². The zero-order valence-corrected chi connectivity index (χ0v) is 12.3. The van der Waals surface area contributed by atoms with E-state index in [1.807, 2.05) is 11.8 Å². The van der Waals surface area contributed by atoms with Crippen molar-refractivity contribution < 1.29 is 4.79 Å². The number of hydrogen-bond donors (Lipinski definition) is 0. The molecule has 0 N–H and O–H groups in total. The average Bonchev–Trinajstić information content (AvgIpc) is 2.95.